The number of rotatable bonds is 4. The number of benzene rings is 2. The summed E-state index contributed by atoms with van der Waals surface area (Å²) in [5.74, 6) is -0.292. The minimum Gasteiger partial charge on any atom is -0.399 e. The Kier molecular flexibility index (Phi) is 4.13. The fraction of sp³-hybridized carbons (Fsp3) is 0.0714. The molecular formula is C14H15N3O3S. The second-order valence-corrected chi connectivity index (χ2v) is 6.02. The highest BCUT2D eigenvalue weighted by Crippen LogP contribution is 2.18. The van der Waals surface area contributed by atoms with Crippen LogP contribution >= 0.6 is 0 Å². The molecule has 0 saturated carbocycles. The van der Waals surface area contributed by atoms with E-state index < -0.39 is 10.0 Å². The van der Waals surface area contributed by atoms with Gasteiger partial charge in [0.05, 0.1) is 4.90 Å². The van der Waals surface area contributed by atoms with Gasteiger partial charge in [-0.1, -0.05) is 12.1 Å². The Labute approximate surface area is 123 Å². The summed E-state index contributed by atoms with van der Waals surface area (Å²) in [5.41, 5.74) is 6.61. The van der Waals surface area contributed by atoms with Crippen LogP contribution in [-0.4, -0.2) is 21.4 Å². The molecule has 0 spiro atoms. The van der Waals surface area contributed by atoms with E-state index in [4.69, 9.17) is 5.73 Å². The topological polar surface area (TPSA) is 101 Å². The van der Waals surface area contributed by atoms with Crippen molar-refractivity contribution >= 4 is 27.3 Å². The summed E-state index contributed by atoms with van der Waals surface area (Å²) < 4.78 is 26.9. The molecule has 0 aliphatic heterocycles. The summed E-state index contributed by atoms with van der Waals surface area (Å²) in [5, 5.41) is 2.48. The van der Waals surface area contributed by atoms with Crippen LogP contribution in [0.3, 0.4) is 0 Å². The molecule has 0 aromatic heterocycles. The van der Waals surface area contributed by atoms with Crippen LogP contribution < -0.4 is 15.8 Å². The van der Waals surface area contributed by atoms with Crippen molar-refractivity contribution in [2.24, 2.45) is 0 Å². The van der Waals surface area contributed by atoms with E-state index in [1.165, 1.54) is 25.2 Å². The first-order valence-electron chi connectivity index (χ1n) is 6.13. The van der Waals surface area contributed by atoms with Crippen LogP contribution in [0.4, 0.5) is 11.4 Å². The van der Waals surface area contributed by atoms with Crippen LogP contribution in [0, 0.1) is 0 Å². The van der Waals surface area contributed by atoms with Crippen molar-refractivity contribution in [3.05, 3.63) is 54.1 Å². The Balaban J connectivity index is 2.31. The van der Waals surface area contributed by atoms with Crippen LogP contribution in [0.5, 0.6) is 0 Å². The van der Waals surface area contributed by atoms with Gasteiger partial charge in [0.25, 0.3) is 15.9 Å². The third kappa shape index (κ3) is 3.51. The first-order valence-corrected chi connectivity index (χ1v) is 7.61. The van der Waals surface area contributed by atoms with Gasteiger partial charge in [0.15, 0.2) is 0 Å². The van der Waals surface area contributed by atoms with E-state index >= 15 is 0 Å². The van der Waals surface area contributed by atoms with Crippen LogP contribution in [0.15, 0.2) is 53.4 Å². The predicted octanol–water partition coefficient (Wildman–Crippen LogP) is 1.43. The molecule has 6 nitrogen and oxygen atoms in total. The molecule has 0 unspecified atom stereocenters. The van der Waals surface area contributed by atoms with Gasteiger partial charge in [-0.15, -0.1) is 0 Å². The first kappa shape index (κ1) is 14.9. The molecule has 0 radical (unpaired) electrons. The van der Waals surface area contributed by atoms with Gasteiger partial charge in [0, 0.05) is 24.0 Å². The Bertz CT molecular complexity index is 773. The Morgan fingerprint density at radius 1 is 1.10 bits per heavy atom. The van der Waals surface area contributed by atoms with Crippen LogP contribution in [0.25, 0.3) is 0 Å². The molecule has 110 valence electrons. The number of carbonyl (C=O) groups is 1. The minimum absolute atomic E-state index is 0.0628. The highest BCUT2D eigenvalue weighted by Gasteiger charge is 2.15. The normalized spacial score (nSPS) is 10.9. The molecule has 2 aromatic rings. The van der Waals surface area contributed by atoms with E-state index in [0.29, 0.717) is 16.9 Å². The van der Waals surface area contributed by atoms with Gasteiger partial charge in [-0.2, -0.15) is 0 Å². The fourth-order valence-electron chi connectivity index (χ4n) is 1.76. The molecule has 4 N–H and O–H groups in total. The molecule has 0 bridgehead atoms. The van der Waals surface area contributed by atoms with Crippen molar-refractivity contribution in [1.82, 2.24) is 5.32 Å². The zero-order chi connectivity index (χ0) is 15.5. The molecule has 0 heterocycles. The minimum atomic E-state index is -3.75. The van der Waals surface area contributed by atoms with Gasteiger partial charge < -0.3 is 11.1 Å². The lowest BCUT2D eigenvalue weighted by Crippen LogP contribution is -2.18. The molecule has 0 aliphatic rings. The quantitative estimate of drug-likeness (QED) is 0.744. The average Bonchev–Trinajstić information content (AvgIpc) is 2.46. The maximum atomic E-state index is 12.2. The summed E-state index contributed by atoms with van der Waals surface area (Å²) >= 11 is 0. The monoisotopic (exact) mass is 305 g/mol. The van der Waals surface area contributed by atoms with Gasteiger partial charge in [0.2, 0.25) is 0 Å². The molecule has 7 heteroatoms. The molecule has 0 fully saturated rings. The molecule has 2 rings (SSSR count). The fourth-order valence-corrected chi connectivity index (χ4v) is 2.87. The molecule has 21 heavy (non-hydrogen) atoms. The smallest absolute Gasteiger partial charge is 0.261 e. The van der Waals surface area contributed by atoms with Crippen LogP contribution in [0.2, 0.25) is 0 Å². The van der Waals surface area contributed by atoms with Crippen LogP contribution in [0.1, 0.15) is 10.4 Å². The Morgan fingerprint density at radius 2 is 1.81 bits per heavy atom. The van der Waals surface area contributed by atoms with Crippen molar-refractivity contribution in [1.29, 1.82) is 0 Å². The van der Waals surface area contributed by atoms with Gasteiger partial charge >= 0.3 is 0 Å². The standard InChI is InChI=1S/C14H15N3O3S/c1-16-14(18)10-4-2-6-12(8-10)17-21(19,20)13-7-3-5-11(15)9-13/h2-9,17H,15H2,1H3,(H,16,18). The van der Waals surface area contributed by atoms with Crippen LogP contribution in [-0.2, 0) is 10.0 Å². The highest BCUT2D eigenvalue weighted by atomic mass is 32.2. The van der Waals surface area contributed by atoms with E-state index in [9.17, 15) is 13.2 Å². The number of hydrogen-bond acceptors (Lipinski definition) is 4. The molecule has 1 amide bonds. The van der Waals surface area contributed by atoms with E-state index in [2.05, 4.69) is 10.0 Å². The third-order valence-electron chi connectivity index (χ3n) is 2.77. The van der Waals surface area contributed by atoms with Crippen molar-refractivity contribution in [2.45, 2.75) is 4.90 Å². The Morgan fingerprint density at radius 3 is 2.48 bits per heavy atom. The van der Waals surface area contributed by atoms with Crippen molar-refractivity contribution in [3.8, 4) is 0 Å². The summed E-state index contributed by atoms with van der Waals surface area (Å²) in [6, 6.07) is 12.2. The summed E-state index contributed by atoms with van der Waals surface area (Å²) in [6.45, 7) is 0. The molecule has 0 saturated heterocycles. The van der Waals surface area contributed by atoms with Gasteiger partial charge in [0.1, 0.15) is 0 Å². The number of nitrogens with one attached hydrogen (secondary N) is 2. The second kappa shape index (κ2) is 5.84. The van der Waals surface area contributed by atoms with E-state index in [1.807, 2.05) is 0 Å². The largest absolute Gasteiger partial charge is 0.399 e. The maximum absolute atomic E-state index is 12.2. The second-order valence-electron chi connectivity index (χ2n) is 4.34. The number of nitrogens with two attached hydrogens (primary N) is 1. The van der Waals surface area contributed by atoms with Gasteiger partial charge in [-0.3, -0.25) is 9.52 Å². The number of hydrogen-bond donors (Lipinski definition) is 3. The summed E-state index contributed by atoms with van der Waals surface area (Å²) in [7, 11) is -2.24. The van der Waals surface area contributed by atoms with E-state index in [1.54, 1.807) is 30.3 Å². The molecular weight excluding hydrogens is 290 g/mol. The lowest BCUT2D eigenvalue weighted by Gasteiger charge is -2.09. The SMILES string of the molecule is CNC(=O)c1cccc(NS(=O)(=O)c2cccc(N)c2)c1. The number of amides is 1. The number of sulfonamides is 1. The Hall–Kier alpha value is -2.54. The van der Waals surface area contributed by atoms with Crippen molar-refractivity contribution in [3.63, 3.8) is 0 Å². The van der Waals surface area contributed by atoms with E-state index in [0.717, 1.165) is 0 Å². The zero-order valence-corrected chi connectivity index (χ0v) is 12.1. The first-order chi connectivity index (χ1) is 9.92. The molecule has 2 aromatic carbocycles. The number of nitrogen functional groups attached to an aromatic ring is 1. The summed E-state index contributed by atoms with van der Waals surface area (Å²) in [4.78, 5) is 11.6. The lowest BCUT2D eigenvalue weighted by molar-refractivity contribution is 0.0963. The van der Waals surface area contributed by atoms with Gasteiger partial charge in [-0.05, 0) is 36.4 Å². The molecule has 0 aliphatic carbocycles. The number of anilines is 2. The number of carbonyl (C=O) groups excluding carboxylic acids is 1. The summed E-state index contributed by atoms with van der Waals surface area (Å²) in [6.07, 6.45) is 0. The lowest BCUT2D eigenvalue weighted by atomic mass is 10.2. The maximum Gasteiger partial charge on any atom is 0.261 e. The van der Waals surface area contributed by atoms with Crippen molar-refractivity contribution < 1.29 is 13.2 Å². The predicted molar refractivity (Wildman–Crippen MR) is 81.5 cm³/mol. The zero-order valence-electron chi connectivity index (χ0n) is 11.3. The van der Waals surface area contributed by atoms with Crippen molar-refractivity contribution in [2.75, 3.05) is 17.5 Å². The molecule has 0 atom stereocenters. The van der Waals surface area contributed by atoms with Gasteiger partial charge in [-0.25, -0.2) is 8.42 Å². The highest BCUT2D eigenvalue weighted by molar-refractivity contribution is 7.92. The van der Waals surface area contributed by atoms with E-state index in [-0.39, 0.29) is 10.8 Å². The third-order valence-corrected chi connectivity index (χ3v) is 4.15. The average molecular weight is 305 g/mol.